The molecule has 1 aliphatic rings. The van der Waals surface area contributed by atoms with Crippen LogP contribution in [0.25, 0.3) is 0 Å². The van der Waals surface area contributed by atoms with Crippen LogP contribution in [-0.2, 0) is 4.79 Å². The van der Waals surface area contributed by atoms with Gasteiger partial charge in [-0.3, -0.25) is 4.79 Å². The molecule has 28 heavy (non-hydrogen) atoms. The maximum Gasteiger partial charge on any atom is 0.257 e. The minimum absolute atomic E-state index is 0.0201. The normalized spacial score (nSPS) is 16.8. The summed E-state index contributed by atoms with van der Waals surface area (Å²) in [4.78, 5) is 13.0. The van der Waals surface area contributed by atoms with E-state index in [1.165, 1.54) is 0 Å². The monoisotopic (exact) mass is 379 g/mol. The second-order valence-electron chi connectivity index (χ2n) is 7.74. The standard InChI is InChI=1S/C23H29N3O2/c1-5-23(2,3)24-16-22(27)26-21(18-11-13-19(28-4)14-12-18)15-20(25-26)17-9-7-6-8-10-17/h6-14,21,24H,5,15-16H2,1-4H3. The second kappa shape index (κ2) is 8.57. The summed E-state index contributed by atoms with van der Waals surface area (Å²) in [5.41, 5.74) is 2.96. The van der Waals surface area contributed by atoms with E-state index in [0.29, 0.717) is 6.42 Å². The number of hydrazone groups is 1. The smallest absolute Gasteiger partial charge is 0.257 e. The van der Waals surface area contributed by atoms with Gasteiger partial charge < -0.3 is 10.1 Å². The van der Waals surface area contributed by atoms with Crippen molar-refractivity contribution in [1.82, 2.24) is 10.3 Å². The summed E-state index contributed by atoms with van der Waals surface area (Å²) in [6.07, 6.45) is 1.64. The highest BCUT2D eigenvalue weighted by molar-refractivity contribution is 6.03. The Hall–Kier alpha value is -2.66. The molecule has 0 radical (unpaired) electrons. The highest BCUT2D eigenvalue weighted by Crippen LogP contribution is 2.33. The van der Waals surface area contributed by atoms with Gasteiger partial charge in [-0.2, -0.15) is 5.10 Å². The van der Waals surface area contributed by atoms with Crippen LogP contribution in [0, 0.1) is 0 Å². The quantitative estimate of drug-likeness (QED) is 0.786. The average Bonchev–Trinajstić information content (AvgIpc) is 3.18. The lowest BCUT2D eigenvalue weighted by molar-refractivity contribution is -0.132. The van der Waals surface area contributed by atoms with E-state index >= 15 is 0 Å². The zero-order valence-corrected chi connectivity index (χ0v) is 17.1. The Bertz CT molecular complexity index is 829. The number of amides is 1. The van der Waals surface area contributed by atoms with E-state index in [9.17, 15) is 4.79 Å². The molecule has 1 N–H and O–H groups in total. The van der Waals surface area contributed by atoms with Gasteiger partial charge in [-0.05, 0) is 43.5 Å². The van der Waals surface area contributed by atoms with Crippen molar-refractivity contribution in [2.24, 2.45) is 5.10 Å². The van der Waals surface area contributed by atoms with Crippen molar-refractivity contribution in [2.45, 2.75) is 45.2 Å². The number of rotatable bonds is 7. The fourth-order valence-electron chi connectivity index (χ4n) is 3.15. The summed E-state index contributed by atoms with van der Waals surface area (Å²) in [6.45, 7) is 6.58. The number of nitrogens with zero attached hydrogens (tertiary/aromatic N) is 2. The van der Waals surface area contributed by atoms with E-state index in [0.717, 1.165) is 29.0 Å². The van der Waals surface area contributed by atoms with Gasteiger partial charge in [0.25, 0.3) is 5.91 Å². The molecule has 0 saturated carbocycles. The largest absolute Gasteiger partial charge is 0.497 e. The lowest BCUT2D eigenvalue weighted by Crippen LogP contribution is -2.45. The summed E-state index contributed by atoms with van der Waals surface area (Å²) in [7, 11) is 1.65. The topological polar surface area (TPSA) is 53.9 Å². The lowest BCUT2D eigenvalue weighted by atomic mass is 9.98. The first kappa shape index (κ1) is 20.1. The van der Waals surface area contributed by atoms with Crippen molar-refractivity contribution >= 4 is 11.6 Å². The Balaban J connectivity index is 1.85. The second-order valence-corrected chi connectivity index (χ2v) is 7.74. The van der Waals surface area contributed by atoms with Crippen LogP contribution in [0.3, 0.4) is 0 Å². The van der Waals surface area contributed by atoms with Gasteiger partial charge in [0.05, 0.1) is 25.4 Å². The van der Waals surface area contributed by atoms with Gasteiger partial charge in [-0.1, -0.05) is 49.4 Å². The van der Waals surface area contributed by atoms with Crippen LogP contribution in [0.4, 0.5) is 0 Å². The number of hydrogen-bond donors (Lipinski definition) is 1. The first-order chi connectivity index (χ1) is 13.4. The molecule has 3 rings (SSSR count). The first-order valence-corrected chi connectivity index (χ1v) is 9.77. The van der Waals surface area contributed by atoms with E-state index in [-0.39, 0.29) is 24.0 Å². The van der Waals surface area contributed by atoms with Gasteiger partial charge in [-0.25, -0.2) is 5.01 Å². The van der Waals surface area contributed by atoms with Crippen molar-refractivity contribution in [3.63, 3.8) is 0 Å². The number of methoxy groups -OCH3 is 1. The predicted octanol–water partition coefficient (Wildman–Crippen LogP) is 4.15. The molecule has 1 aliphatic heterocycles. The third-order valence-corrected chi connectivity index (χ3v) is 5.38. The molecule has 1 unspecified atom stereocenters. The summed E-state index contributed by atoms with van der Waals surface area (Å²) >= 11 is 0. The number of carbonyl (C=O) groups is 1. The van der Waals surface area contributed by atoms with Crippen LogP contribution in [0.15, 0.2) is 59.7 Å². The lowest BCUT2D eigenvalue weighted by Gasteiger charge is -2.27. The van der Waals surface area contributed by atoms with Gasteiger partial charge in [0.1, 0.15) is 5.75 Å². The Labute approximate surface area is 167 Å². The van der Waals surface area contributed by atoms with Crippen LogP contribution in [-0.4, -0.2) is 35.8 Å². The Kier molecular flexibility index (Phi) is 6.15. The maximum atomic E-state index is 13.0. The predicted molar refractivity (Wildman–Crippen MR) is 113 cm³/mol. The van der Waals surface area contributed by atoms with E-state index < -0.39 is 0 Å². The van der Waals surface area contributed by atoms with Crippen molar-refractivity contribution in [3.8, 4) is 5.75 Å². The molecule has 148 valence electrons. The Morgan fingerprint density at radius 3 is 2.46 bits per heavy atom. The van der Waals surface area contributed by atoms with Crippen LogP contribution < -0.4 is 10.1 Å². The molecular weight excluding hydrogens is 350 g/mol. The molecule has 0 aromatic heterocycles. The van der Waals surface area contributed by atoms with Gasteiger partial charge in [-0.15, -0.1) is 0 Å². The zero-order chi connectivity index (χ0) is 20.1. The maximum absolute atomic E-state index is 13.0. The van der Waals surface area contributed by atoms with Gasteiger partial charge in [0, 0.05) is 12.0 Å². The molecule has 0 spiro atoms. The zero-order valence-electron chi connectivity index (χ0n) is 17.1. The summed E-state index contributed by atoms with van der Waals surface area (Å²) < 4.78 is 5.27. The summed E-state index contributed by atoms with van der Waals surface area (Å²) in [6, 6.07) is 17.8. The third-order valence-electron chi connectivity index (χ3n) is 5.38. The molecule has 0 saturated heterocycles. The van der Waals surface area contributed by atoms with E-state index in [1.54, 1.807) is 12.1 Å². The highest BCUT2D eigenvalue weighted by Gasteiger charge is 2.33. The van der Waals surface area contributed by atoms with Crippen molar-refractivity contribution in [2.75, 3.05) is 13.7 Å². The molecule has 2 aromatic rings. The molecule has 0 fully saturated rings. The van der Waals surface area contributed by atoms with Crippen LogP contribution in [0.1, 0.15) is 50.8 Å². The van der Waals surface area contributed by atoms with Gasteiger partial charge >= 0.3 is 0 Å². The minimum Gasteiger partial charge on any atom is -0.497 e. The van der Waals surface area contributed by atoms with Crippen molar-refractivity contribution in [3.05, 3.63) is 65.7 Å². The average molecular weight is 380 g/mol. The molecule has 2 aromatic carbocycles. The van der Waals surface area contributed by atoms with Crippen LogP contribution in [0.2, 0.25) is 0 Å². The molecule has 0 bridgehead atoms. The molecular formula is C23H29N3O2. The van der Waals surface area contributed by atoms with Crippen LogP contribution >= 0.6 is 0 Å². The van der Waals surface area contributed by atoms with E-state index in [2.05, 4.69) is 26.1 Å². The Morgan fingerprint density at radius 1 is 1.18 bits per heavy atom. The highest BCUT2D eigenvalue weighted by atomic mass is 16.5. The molecule has 0 aliphatic carbocycles. The van der Waals surface area contributed by atoms with E-state index in [4.69, 9.17) is 9.84 Å². The number of ether oxygens (including phenoxy) is 1. The number of hydrogen-bond acceptors (Lipinski definition) is 4. The summed E-state index contributed by atoms with van der Waals surface area (Å²) in [5.74, 6) is 0.781. The third kappa shape index (κ3) is 4.60. The van der Waals surface area contributed by atoms with Crippen molar-refractivity contribution in [1.29, 1.82) is 0 Å². The summed E-state index contributed by atoms with van der Waals surface area (Å²) in [5, 5.41) is 9.71. The molecule has 5 heteroatoms. The van der Waals surface area contributed by atoms with Crippen molar-refractivity contribution < 1.29 is 9.53 Å². The fraction of sp³-hybridized carbons (Fsp3) is 0.391. The SMILES string of the molecule is CCC(C)(C)NCC(=O)N1N=C(c2ccccc2)CC1c1ccc(OC)cc1. The molecule has 1 atom stereocenters. The van der Waals surface area contributed by atoms with E-state index in [1.807, 2.05) is 54.6 Å². The number of nitrogens with one attached hydrogen (secondary N) is 1. The van der Waals surface area contributed by atoms with Gasteiger partial charge in [0.15, 0.2) is 0 Å². The van der Waals surface area contributed by atoms with Gasteiger partial charge in [0.2, 0.25) is 0 Å². The fourth-order valence-corrected chi connectivity index (χ4v) is 3.15. The minimum atomic E-state index is -0.111. The first-order valence-electron chi connectivity index (χ1n) is 9.77. The number of carbonyl (C=O) groups excluding carboxylic acids is 1. The molecule has 1 amide bonds. The molecule has 1 heterocycles. The Morgan fingerprint density at radius 2 is 1.86 bits per heavy atom. The van der Waals surface area contributed by atoms with Crippen LogP contribution in [0.5, 0.6) is 5.75 Å². The number of benzene rings is 2. The molecule has 5 nitrogen and oxygen atoms in total.